The molecule has 5 heteroatoms. The lowest BCUT2D eigenvalue weighted by Gasteiger charge is -2.09. The van der Waals surface area contributed by atoms with Crippen LogP contribution in [-0.2, 0) is 11.2 Å². The lowest BCUT2D eigenvalue weighted by molar-refractivity contribution is -0.118. The molecule has 158 valence electrons. The van der Waals surface area contributed by atoms with E-state index in [1.807, 2.05) is 69.3 Å². The highest BCUT2D eigenvalue weighted by Gasteiger charge is 2.10. The summed E-state index contributed by atoms with van der Waals surface area (Å²) in [4.78, 5) is 16.8. The largest absolute Gasteiger partial charge is 0.484 e. The molecule has 5 nitrogen and oxygen atoms in total. The Balaban J connectivity index is 1.35. The van der Waals surface area contributed by atoms with Crippen LogP contribution in [0.3, 0.4) is 0 Å². The highest BCUT2D eigenvalue weighted by molar-refractivity contribution is 5.91. The van der Waals surface area contributed by atoms with Gasteiger partial charge in [0.15, 0.2) is 18.1 Å². The molecule has 0 unspecified atom stereocenters. The van der Waals surface area contributed by atoms with Gasteiger partial charge in [-0.25, -0.2) is 4.98 Å². The molecule has 1 heterocycles. The van der Waals surface area contributed by atoms with Gasteiger partial charge in [0.1, 0.15) is 11.3 Å². The number of nitrogens with zero attached hydrogens (tertiary/aromatic N) is 1. The van der Waals surface area contributed by atoms with Crippen LogP contribution in [0.15, 0.2) is 59.0 Å². The van der Waals surface area contributed by atoms with Crippen molar-refractivity contribution in [3.8, 4) is 5.75 Å². The molecule has 1 N–H and O–H groups in total. The number of rotatable bonds is 6. The van der Waals surface area contributed by atoms with Gasteiger partial charge in [-0.1, -0.05) is 24.3 Å². The summed E-state index contributed by atoms with van der Waals surface area (Å²) in [5.41, 5.74) is 8.11. The Morgan fingerprint density at radius 2 is 1.71 bits per heavy atom. The molecule has 0 aliphatic heterocycles. The molecule has 0 atom stereocenters. The predicted molar refractivity (Wildman–Crippen MR) is 123 cm³/mol. The number of carbonyl (C=O) groups is 1. The van der Waals surface area contributed by atoms with E-state index in [9.17, 15) is 4.79 Å². The van der Waals surface area contributed by atoms with Crippen LogP contribution in [0.1, 0.15) is 33.7 Å². The zero-order valence-corrected chi connectivity index (χ0v) is 18.3. The molecular formula is C26H26N2O3. The van der Waals surface area contributed by atoms with Crippen LogP contribution in [0.4, 0.5) is 5.69 Å². The van der Waals surface area contributed by atoms with E-state index in [4.69, 9.17) is 9.15 Å². The Morgan fingerprint density at radius 3 is 2.45 bits per heavy atom. The maximum Gasteiger partial charge on any atom is 0.262 e. The SMILES string of the molecule is Cc1cc(C)c2oc(Cc3ccc(NC(=O)COc4ccc(C)c(C)c4)cc3)nc2c1. The molecule has 4 aromatic rings. The van der Waals surface area contributed by atoms with Gasteiger partial charge >= 0.3 is 0 Å². The van der Waals surface area contributed by atoms with Gasteiger partial charge in [-0.2, -0.15) is 0 Å². The molecule has 0 bridgehead atoms. The number of carbonyl (C=O) groups excluding carboxylic acids is 1. The second-order valence-corrected chi connectivity index (χ2v) is 7.99. The van der Waals surface area contributed by atoms with Crippen molar-refractivity contribution in [2.75, 3.05) is 11.9 Å². The number of fused-ring (bicyclic) bond motifs is 1. The topological polar surface area (TPSA) is 64.4 Å². The van der Waals surface area contributed by atoms with E-state index < -0.39 is 0 Å². The fourth-order valence-electron chi connectivity index (χ4n) is 3.53. The molecule has 0 spiro atoms. The van der Waals surface area contributed by atoms with Gasteiger partial charge in [0.05, 0.1) is 0 Å². The van der Waals surface area contributed by atoms with Crippen LogP contribution in [-0.4, -0.2) is 17.5 Å². The Kier molecular flexibility index (Phi) is 5.76. The molecule has 1 aromatic heterocycles. The van der Waals surface area contributed by atoms with Gasteiger partial charge in [0, 0.05) is 12.1 Å². The Hall–Kier alpha value is -3.60. The standard InChI is InChI=1S/C26H26N2O3/c1-16-11-19(4)26-23(12-16)28-25(31-26)14-20-6-8-21(9-7-20)27-24(29)15-30-22-10-5-17(2)18(3)13-22/h5-13H,14-15H2,1-4H3,(H,27,29). The molecule has 1 amide bonds. The maximum atomic E-state index is 12.2. The smallest absolute Gasteiger partial charge is 0.262 e. The van der Waals surface area contributed by atoms with Crippen LogP contribution in [0.2, 0.25) is 0 Å². The zero-order valence-electron chi connectivity index (χ0n) is 18.3. The van der Waals surface area contributed by atoms with Gasteiger partial charge in [0.2, 0.25) is 0 Å². The van der Waals surface area contributed by atoms with E-state index in [1.54, 1.807) is 0 Å². The molecule has 0 aliphatic rings. The highest BCUT2D eigenvalue weighted by Crippen LogP contribution is 2.23. The third-order valence-electron chi connectivity index (χ3n) is 5.31. The van der Waals surface area contributed by atoms with Crippen LogP contribution in [0.25, 0.3) is 11.1 Å². The summed E-state index contributed by atoms with van der Waals surface area (Å²) < 4.78 is 11.5. The van der Waals surface area contributed by atoms with Crippen molar-refractivity contribution in [1.29, 1.82) is 0 Å². The molecule has 31 heavy (non-hydrogen) atoms. The zero-order chi connectivity index (χ0) is 22.0. The Morgan fingerprint density at radius 1 is 0.935 bits per heavy atom. The number of hydrogen-bond acceptors (Lipinski definition) is 4. The monoisotopic (exact) mass is 414 g/mol. The van der Waals surface area contributed by atoms with Crippen molar-refractivity contribution >= 4 is 22.7 Å². The van der Waals surface area contributed by atoms with Crippen molar-refractivity contribution in [2.45, 2.75) is 34.1 Å². The van der Waals surface area contributed by atoms with Gasteiger partial charge in [-0.15, -0.1) is 0 Å². The summed E-state index contributed by atoms with van der Waals surface area (Å²) >= 11 is 0. The van der Waals surface area contributed by atoms with Crippen LogP contribution in [0, 0.1) is 27.7 Å². The first-order valence-corrected chi connectivity index (χ1v) is 10.3. The summed E-state index contributed by atoms with van der Waals surface area (Å²) in [5.74, 6) is 1.18. The predicted octanol–water partition coefficient (Wildman–Crippen LogP) is 5.67. The second-order valence-electron chi connectivity index (χ2n) is 7.99. The van der Waals surface area contributed by atoms with Crippen LogP contribution >= 0.6 is 0 Å². The molecule has 4 rings (SSSR count). The van der Waals surface area contributed by atoms with Gasteiger partial charge in [-0.3, -0.25) is 4.79 Å². The number of oxazole rings is 1. The van der Waals surface area contributed by atoms with E-state index in [1.165, 1.54) is 11.1 Å². The van der Waals surface area contributed by atoms with Crippen LogP contribution < -0.4 is 10.1 Å². The molecule has 0 aliphatic carbocycles. The lowest BCUT2D eigenvalue weighted by atomic mass is 10.1. The van der Waals surface area contributed by atoms with E-state index in [0.29, 0.717) is 18.1 Å². The van der Waals surface area contributed by atoms with E-state index in [-0.39, 0.29) is 12.5 Å². The van der Waals surface area contributed by atoms with Crippen molar-refractivity contribution in [3.05, 3.63) is 88.3 Å². The number of hydrogen-bond donors (Lipinski definition) is 1. The minimum atomic E-state index is -0.198. The molecule has 0 radical (unpaired) electrons. The first kappa shape index (κ1) is 20.7. The summed E-state index contributed by atoms with van der Waals surface area (Å²) in [5, 5.41) is 2.86. The number of ether oxygens (including phenoxy) is 1. The van der Waals surface area contributed by atoms with E-state index >= 15 is 0 Å². The number of anilines is 1. The fourth-order valence-corrected chi connectivity index (χ4v) is 3.53. The minimum Gasteiger partial charge on any atom is -0.484 e. The summed E-state index contributed by atoms with van der Waals surface area (Å²) in [7, 11) is 0. The molecular weight excluding hydrogens is 388 g/mol. The first-order valence-electron chi connectivity index (χ1n) is 10.3. The van der Waals surface area contributed by atoms with Gasteiger partial charge in [0.25, 0.3) is 5.91 Å². The minimum absolute atomic E-state index is 0.0358. The van der Waals surface area contributed by atoms with Gasteiger partial charge < -0.3 is 14.5 Å². The molecule has 0 fully saturated rings. The fraction of sp³-hybridized carbons (Fsp3) is 0.231. The number of aromatic nitrogens is 1. The molecule has 0 saturated heterocycles. The van der Waals surface area contributed by atoms with Crippen molar-refractivity contribution < 1.29 is 13.9 Å². The van der Waals surface area contributed by atoms with Crippen LogP contribution in [0.5, 0.6) is 5.75 Å². The molecule has 0 saturated carbocycles. The molecule has 3 aromatic carbocycles. The average Bonchev–Trinajstić information content (AvgIpc) is 3.13. The van der Waals surface area contributed by atoms with E-state index in [2.05, 4.69) is 23.3 Å². The number of aryl methyl sites for hydroxylation is 4. The van der Waals surface area contributed by atoms with E-state index in [0.717, 1.165) is 33.5 Å². The first-order chi connectivity index (χ1) is 14.9. The lowest BCUT2D eigenvalue weighted by Crippen LogP contribution is -2.20. The number of nitrogens with one attached hydrogen (secondary N) is 1. The summed E-state index contributed by atoms with van der Waals surface area (Å²) in [6.07, 6.45) is 0.595. The quantitative estimate of drug-likeness (QED) is 0.441. The van der Waals surface area contributed by atoms with Gasteiger partial charge in [-0.05, 0) is 85.8 Å². The average molecular weight is 415 g/mol. The van der Waals surface area contributed by atoms with Crippen molar-refractivity contribution in [3.63, 3.8) is 0 Å². The maximum absolute atomic E-state index is 12.2. The normalized spacial score (nSPS) is 11.0. The summed E-state index contributed by atoms with van der Waals surface area (Å²) in [6.45, 7) is 8.12. The summed E-state index contributed by atoms with van der Waals surface area (Å²) in [6, 6.07) is 17.6. The second kappa shape index (κ2) is 8.64. The highest BCUT2D eigenvalue weighted by atomic mass is 16.5. The number of amides is 1. The third-order valence-corrected chi connectivity index (χ3v) is 5.31. The Bertz CT molecular complexity index is 1240. The van der Waals surface area contributed by atoms with Crippen molar-refractivity contribution in [2.24, 2.45) is 0 Å². The van der Waals surface area contributed by atoms with Crippen molar-refractivity contribution in [1.82, 2.24) is 4.98 Å². The Labute approximate surface area is 182 Å². The number of benzene rings is 3. The third kappa shape index (κ3) is 4.94.